The maximum Gasteiger partial charge on any atom is 0.231 e. The summed E-state index contributed by atoms with van der Waals surface area (Å²) in [6.45, 7) is 7.26. The van der Waals surface area contributed by atoms with Gasteiger partial charge < -0.3 is 9.47 Å². The second kappa shape index (κ2) is 7.19. The fraction of sp³-hybridized carbons (Fsp3) is 0.500. The molecule has 0 bridgehead atoms. The van der Waals surface area contributed by atoms with E-state index in [0.717, 1.165) is 6.04 Å². The van der Waals surface area contributed by atoms with Gasteiger partial charge in [-0.15, -0.1) is 0 Å². The normalized spacial score (nSPS) is 11.8. The second-order valence-electron chi connectivity index (χ2n) is 6.12. The van der Waals surface area contributed by atoms with Gasteiger partial charge in [-0.05, 0) is 12.3 Å². The standard InChI is InChI=1S/C14H19ClFN3O2SSi/c1-20-12-8-10(9(16)11(15)18-12)17-14(22-2)19-13(8)21-6-7-23(3,4)5/h6-7H2,1-5H3. The van der Waals surface area contributed by atoms with Crippen LogP contribution in [0.1, 0.15) is 0 Å². The number of aromatic nitrogens is 3. The molecule has 0 atom stereocenters. The first-order valence-corrected chi connectivity index (χ1v) is 12.4. The van der Waals surface area contributed by atoms with E-state index in [1.807, 2.05) is 6.26 Å². The van der Waals surface area contributed by atoms with Crippen LogP contribution in [-0.4, -0.2) is 43.0 Å². The van der Waals surface area contributed by atoms with Gasteiger partial charge in [-0.3, -0.25) is 0 Å². The fourth-order valence-corrected chi connectivity index (χ4v) is 3.10. The summed E-state index contributed by atoms with van der Waals surface area (Å²) in [5.41, 5.74) is 0.0594. The number of nitrogens with zero attached hydrogens (tertiary/aromatic N) is 3. The Hall–Kier alpha value is -1.12. The number of fused-ring (bicyclic) bond motifs is 1. The summed E-state index contributed by atoms with van der Waals surface area (Å²) in [7, 11) is 0.177. The van der Waals surface area contributed by atoms with Crippen molar-refractivity contribution in [2.75, 3.05) is 20.0 Å². The van der Waals surface area contributed by atoms with Crippen LogP contribution >= 0.6 is 23.4 Å². The quantitative estimate of drug-likeness (QED) is 0.325. The van der Waals surface area contributed by atoms with Crippen LogP contribution in [-0.2, 0) is 0 Å². The van der Waals surface area contributed by atoms with E-state index in [0.29, 0.717) is 17.1 Å². The highest BCUT2D eigenvalue weighted by Gasteiger charge is 2.22. The lowest BCUT2D eigenvalue weighted by Gasteiger charge is -2.17. The van der Waals surface area contributed by atoms with Crippen LogP contribution in [0, 0.1) is 5.82 Å². The van der Waals surface area contributed by atoms with E-state index in [-0.39, 0.29) is 22.4 Å². The molecule has 5 nitrogen and oxygen atoms in total. The van der Waals surface area contributed by atoms with Crippen LogP contribution in [0.4, 0.5) is 4.39 Å². The molecule has 0 saturated carbocycles. The highest BCUT2D eigenvalue weighted by molar-refractivity contribution is 7.98. The molecule has 0 aromatic carbocycles. The lowest BCUT2D eigenvalue weighted by atomic mass is 10.3. The molecule has 0 fully saturated rings. The summed E-state index contributed by atoms with van der Waals surface area (Å²) in [6.07, 6.45) is 1.81. The molecule has 126 valence electrons. The van der Waals surface area contributed by atoms with Gasteiger partial charge in [-0.1, -0.05) is 43.0 Å². The first-order valence-electron chi connectivity index (χ1n) is 7.04. The number of halogens is 2. The SMILES string of the molecule is COc1nc(Cl)c(F)c2nc(SC)nc(OCC[Si](C)(C)C)c12. The van der Waals surface area contributed by atoms with Crippen molar-refractivity contribution in [3.8, 4) is 11.8 Å². The summed E-state index contributed by atoms with van der Waals surface area (Å²) in [6, 6.07) is 0.957. The molecule has 23 heavy (non-hydrogen) atoms. The molecule has 2 aromatic heterocycles. The Balaban J connectivity index is 2.55. The predicted octanol–water partition coefficient (Wildman–Crippen LogP) is 4.26. The zero-order chi connectivity index (χ0) is 17.2. The molecule has 0 aliphatic carbocycles. The second-order valence-corrected chi connectivity index (χ2v) is 12.9. The van der Waals surface area contributed by atoms with Crippen LogP contribution in [0.5, 0.6) is 11.8 Å². The van der Waals surface area contributed by atoms with Gasteiger partial charge in [0.05, 0.1) is 13.7 Å². The Kier molecular flexibility index (Phi) is 5.69. The number of pyridine rings is 1. The molecule has 2 aromatic rings. The Morgan fingerprint density at radius 1 is 1.17 bits per heavy atom. The number of ether oxygens (including phenoxy) is 2. The number of hydrogen-bond acceptors (Lipinski definition) is 6. The van der Waals surface area contributed by atoms with Gasteiger partial charge >= 0.3 is 0 Å². The molecular formula is C14H19ClFN3O2SSi. The van der Waals surface area contributed by atoms with E-state index in [4.69, 9.17) is 21.1 Å². The Morgan fingerprint density at radius 3 is 2.43 bits per heavy atom. The number of rotatable bonds is 6. The van der Waals surface area contributed by atoms with Crippen molar-refractivity contribution >= 4 is 42.3 Å². The molecule has 2 rings (SSSR count). The van der Waals surface area contributed by atoms with Crippen LogP contribution in [0.3, 0.4) is 0 Å². The average molecular weight is 376 g/mol. The molecule has 0 aliphatic heterocycles. The molecule has 0 N–H and O–H groups in total. The Morgan fingerprint density at radius 2 is 1.87 bits per heavy atom. The highest BCUT2D eigenvalue weighted by atomic mass is 35.5. The summed E-state index contributed by atoms with van der Waals surface area (Å²) in [5.74, 6) is -0.269. The Bertz CT molecular complexity index is 727. The van der Waals surface area contributed by atoms with Crippen LogP contribution in [0.15, 0.2) is 5.16 Å². The van der Waals surface area contributed by atoms with Gasteiger partial charge in [0, 0.05) is 8.07 Å². The van der Waals surface area contributed by atoms with Gasteiger partial charge in [0.2, 0.25) is 11.8 Å². The largest absolute Gasteiger partial charge is 0.480 e. The summed E-state index contributed by atoms with van der Waals surface area (Å²) < 4.78 is 25.3. The molecule has 9 heteroatoms. The third kappa shape index (κ3) is 4.24. The van der Waals surface area contributed by atoms with E-state index in [1.165, 1.54) is 18.9 Å². The lowest BCUT2D eigenvalue weighted by molar-refractivity contribution is 0.323. The van der Waals surface area contributed by atoms with Crippen molar-refractivity contribution in [1.82, 2.24) is 15.0 Å². The molecule has 0 saturated heterocycles. The van der Waals surface area contributed by atoms with Crippen molar-refractivity contribution in [1.29, 1.82) is 0 Å². The van der Waals surface area contributed by atoms with Crippen molar-refractivity contribution in [3.63, 3.8) is 0 Å². The van der Waals surface area contributed by atoms with E-state index < -0.39 is 13.9 Å². The summed E-state index contributed by atoms with van der Waals surface area (Å²) in [4.78, 5) is 12.4. The summed E-state index contributed by atoms with van der Waals surface area (Å²) >= 11 is 7.12. The predicted molar refractivity (Wildman–Crippen MR) is 94.3 cm³/mol. The van der Waals surface area contributed by atoms with E-state index in [2.05, 4.69) is 34.6 Å². The molecule has 0 amide bonds. The van der Waals surface area contributed by atoms with Gasteiger partial charge in [0.25, 0.3) is 0 Å². The summed E-state index contributed by atoms with van der Waals surface area (Å²) in [5, 5.41) is 0.430. The van der Waals surface area contributed by atoms with Crippen molar-refractivity contribution in [2.45, 2.75) is 30.8 Å². The highest BCUT2D eigenvalue weighted by Crippen LogP contribution is 2.35. The van der Waals surface area contributed by atoms with Crippen LogP contribution in [0.2, 0.25) is 30.8 Å². The monoisotopic (exact) mass is 375 g/mol. The van der Waals surface area contributed by atoms with E-state index in [9.17, 15) is 4.39 Å². The average Bonchev–Trinajstić information content (AvgIpc) is 2.49. The van der Waals surface area contributed by atoms with Gasteiger partial charge in [-0.25, -0.2) is 9.37 Å². The van der Waals surface area contributed by atoms with E-state index in [1.54, 1.807) is 0 Å². The van der Waals surface area contributed by atoms with Gasteiger partial charge in [-0.2, -0.15) is 9.97 Å². The molecule has 0 spiro atoms. The van der Waals surface area contributed by atoms with Crippen molar-refractivity contribution < 1.29 is 13.9 Å². The molecule has 0 radical (unpaired) electrons. The first-order chi connectivity index (χ1) is 10.8. The minimum absolute atomic E-state index is 0.0594. The zero-order valence-corrected chi connectivity index (χ0v) is 16.3. The van der Waals surface area contributed by atoms with Crippen molar-refractivity contribution in [3.05, 3.63) is 11.0 Å². The molecule has 0 unspecified atom stereocenters. The molecule has 0 aliphatic rings. The van der Waals surface area contributed by atoms with Crippen LogP contribution in [0.25, 0.3) is 10.9 Å². The smallest absolute Gasteiger partial charge is 0.231 e. The number of hydrogen-bond donors (Lipinski definition) is 0. The Labute approximate surface area is 145 Å². The van der Waals surface area contributed by atoms with Crippen LogP contribution < -0.4 is 9.47 Å². The number of methoxy groups -OCH3 is 1. The van der Waals surface area contributed by atoms with E-state index >= 15 is 0 Å². The van der Waals surface area contributed by atoms with Gasteiger partial charge in [0.15, 0.2) is 16.1 Å². The third-order valence-corrected chi connectivity index (χ3v) is 5.63. The topological polar surface area (TPSA) is 57.1 Å². The van der Waals surface area contributed by atoms with Crippen molar-refractivity contribution in [2.24, 2.45) is 0 Å². The third-order valence-electron chi connectivity index (χ3n) is 3.12. The fourth-order valence-electron chi connectivity index (χ4n) is 1.86. The zero-order valence-electron chi connectivity index (χ0n) is 13.7. The van der Waals surface area contributed by atoms with Gasteiger partial charge in [0.1, 0.15) is 10.9 Å². The minimum Gasteiger partial charge on any atom is -0.480 e. The molecule has 2 heterocycles. The maximum absolute atomic E-state index is 14.3. The number of thioether (sulfide) groups is 1. The molecular weight excluding hydrogens is 357 g/mol. The minimum atomic E-state index is -1.26. The lowest BCUT2D eigenvalue weighted by Crippen LogP contribution is -2.22. The maximum atomic E-state index is 14.3. The first kappa shape index (κ1) is 18.2.